The van der Waals surface area contributed by atoms with Crippen LogP contribution < -0.4 is 4.90 Å². The lowest BCUT2D eigenvalue weighted by Crippen LogP contribution is -2.09. The van der Waals surface area contributed by atoms with E-state index in [1.165, 1.54) is 16.3 Å². The maximum atomic E-state index is 4.68. The molecule has 0 spiro atoms. The van der Waals surface area contributed by atoms with E-state index in [1.54, 1.807) is 23.7 Å². The van der Waals surface area contributed by atoms with Crippen LogP contribution in [0.15, 0.2) is 140 Å². The zero-order valence-corrected chi connectivity index (χ0v) is 22.7. The summed E-state index contributed by atoms with van der Waals surface area (Å²) in [5.41, 5.74) is 8.55. The fraction of sp³-hybridized carbons (Fsp3) is 0. The van der Waals surface area contributed by atoms with Crippen molar-refractivity contribution < 1.29 is 0 Å². The monoisotopic (exact) mass is 545 g/mol. The predicted molar refractivity (Wildman–Crippen MR) is 170 cm³/mol. The molecule has 8 aromatic rings. The van der Waals surface area contributed by atoms with E-state index < -0.39 is 0 Å². The minimum Gasteiger partial charge on any atom is -0.310 e. The molecule has 3 aromatic heterocycles. The standard InChI is InChI=1S/C35H23N5S/c1-3-9-25(10-4-1)39(26-11-5-2-6-12-26)28-19-20-32-30(23-28)29-13-7-8-14-31(29)40(32)27-17-15-24(16-18-27)34-38-33-35(41-34)37-22-21-36-33/h1-23H. The van der Waals surface area contributed by atoms with E-state index in [2.05, 4.69) is 152 Å². The molecular formula is C35H23N5S. The van der Waals surface area contributed by atoms with Crippen molar-refractivity contribution in [1.29, 1.82) is 0 Å². The van der Waals surface area contributed by atoms with Crippen LogP contribution in [0.3, 0.4) is 0 Å². The van der Waals surface area contributed by atoms with E-state index in [0.717, 1.165) is 43.7 Å². The number of hydrogen-bond donors (Lipinski definition) is 0. The summed E-state index contributed by atoms with van der Waals surface area (Å²) >= 11 is 1.56. The molecule has 0 saturated heterocycles. The molecule has 0 radical (unpaired) electrons. The molecule has 194 valence electrons. The summed E-state index contributed by atoms with van der Waals surface area (Å²) in [6.07, 6.45) is 3.39. The molecule has 41 heavy (non-hydrogen) atoms. The molecule has 0 fully saturated rings. The van der Waals surface area contributed by atoms with Crippen LogP contribution in [0.1, 0.15) is 0 Å². The Hall–Kier alpha value is -5.33. The number of fused-ring (bicyclic) bond motifs is 4. The van der Waals surface area contributed by atoms with Crippen LogP contribution in [-0.4, -0.2) is 19.5 Å². The van der Waals surface area contributed by atoms with Gasteiger partial charge in [-0.1, -0.05) is 65.9 Å². The van der Waals surface area contributed by atoms with Gasteiger partial charge >= 0.3 is 0 Å². The fourth-order valence-corrected chi connectivity index (χ4v) is 6.41. The smallest absolute Gasteiger partial charge is 0.190 e. The largest absolute Gasteiger partial charge is 0.310 e. The molecule has 0 aliphatic carbocycles. The quantitative estimate of drug-likeness (QED) is 0.216. The van der Waals surface area contributed by atoms with Gasteiger partial charge in [0.2, 0.25) is 0 Å². The first-order valence-corrected chi connectivity index (χ1v) is 14.3. The fourth-order valence-electron chi connectivity index (χ4n) is 5.53. The van der Waals surface area contributed by atoms with Crippen molar-refractivity contribution in [2.45, 2.75) is 0 Å². The van der Waals surface area contributed by atoms with E-state index >= 15 is 0 Å². The minimum atomic E-state index is 0.690. The van der Waals surface area contributed by atoms with Gasteiger partial charge in [-0.25, -0.2) is 15.0 Å². The summed E-state index contributed by atoms with van der Waals surface area (Å²) in [5, 5.41) is 3.35. The first-order valence-electron chi connectivity index (χ1n) is 13.5. The van der Waals surface area contributed by atoms with Crippen molar-refractivity contribution in [3.8, 4) is 16.3 Å². The summed E-state index contributed by atoms with van der Waals surface area (Å²) in [4.78, 5) is 16.6. The highest BCUT2D eigenvalue weighted by Crippen LogP contribution is 2.39. The number of rotatable bonds is 5. The second-order valence-corrected chi connectivity index (χ2v) is 10.8. The van der Waals surface area contributed by atoms with Crippen molar-refractivity contribution in [2.75, 3.05) is 4.90 Å². The highest BCUT2D eigenvalue weighted by atomic mass is 32.1. The Balaban J connectivity index is 1.27. The van der Waals surface area contributed by atoms with Gasteiger partial charge in [-0.3, -0.25) is 0 Å². The van der Waals surface area contributed by atoms with Crippen molar-refractivity contribution in [3.63, 3.8) is 0 Å². The number of nitrogens with zero attached hydrogens (tertiary/aromatic N) is 5. The lowest BCUT2D eigenvalue weighted by Gasteiger charge is -2.25. The average molecular weight is 546 g/mol. The molecule has 8 rings (SSSR count). The van der Waals surface area contributed by atoms with Crippen LogP contribution in [0.25, 0.3) is 48.5 Å². The second kappa shape index (κ2) is 9.70. The van der Waals surface area contributed by atoms with Gasteiger partial charge in [0.1, 0.15) is 5.01 Å². The van der Waals surface area contributed by atoms with Crippen LogP contribution in [0.2, 0.25) is 0 Å². The van der Waals surface area contributed by atoms with Crippen LogP contribution in [-0.2, 0) is 0 Å². The molecule has 6 heteroatoms. The molecular weight excluding hydrogens is 522 g/mol. The van der Waals surface area contributed by atoms with Crippen LogP contribution in [0, 0.1) is 0 Å². The molecule has 5 aromatic carbocycles. The minimum absolute atomic E-state index is 0.690. The summed E-state index contributed by atoms with van der Waals surface area (Å²) < 4.78 is 2.34. The molecule has 0 N–H and O–H groups in total. The van der Waals surface area contributed by atoms with Gasteiger partial charge in [0, 0.05) is 51.5 Å². The van der Waals surface area contributed by atoms with Gasteiger partial charge in [0.05, 0.1) is 11.0 Å². The summed E-state index contributed by atoms with van der Waals surface area (Å²) in [6, 6.07) is 45.0. The Kier molecular flexibility index (Phi) is 5.57. The molecule has 0 bridgehead atoms. The Bertz CT molecular complexity index is 2080. The Morgan fingerprint density at radius 1 is 0.561 bits per heavy atom. The number of thiazole rings is 1. The number of hydrogen-bond acceptors (Lipinski definition) is 5. The molecule has 0 atom stereocenters. The highest BCUT2D eigenvalue weighted by molar-refractivity contribution is 7.21. The third-order valence-electron chi connectivity index (χ3n) is 7.36. The van der Waals surface area contributed by atoms with Crippen LogP contribution in [0.4, 0.5) is 17.1 Å². The van der Waals surface area contributed by atoms with E-state index in [1.807, 2.05) is 0 Å². The lowest BCUT2D eigenvalue weighted by atomic mass is 10.1. The molecule has 0 unspecified atom stereocenters. The Labute approximate surface area is 240 Å². The van der Waals surface area contributed by atoms with E-state index in [-0.39, 0.29) is 0 Å². The topological polar surface area (TPSA) is 46.8 Å². The van der Waals surface area contributed by atoms with Crippen molar-refractivity contribution in [1.82, 2.24) is 19.5 Å². The van der Waals surface area contributed by atoms with E-state index in [4.69, 9.17) is 0 Å². The van der Waals surface area contributed by atoms with Gasteiger partial charge in [-0.15, -0.1) is 0 Å². The van der Waals surface area contributed by atoms with Gasteiger partial charge in [0.25, 0.3) is 0 Å². The molecule has 3 heterocycles. The summed E-state index contributed by atoms with van der Waals surface area (Å²) in [7, 11) is 0. The number of para-hydroxylation sites is 3. The third kappa shape index (κ3) is 4.04. The molecule has 0 aliphatic heterocycles. The molecule has 0 amide bonds. The number of aromatic nitrogens is 4. The highest BCUT2D eigenvalue weighted by Gasteiger charge is 2.17. The Morgan fingerprint density at radius 3 is 1.95 bits per heavy atom. The zero-order chi connectivity index (χ0) is 27.2. The normalized spacial score (nSPS) is 11.4. The predicted octanol–water partition coefficient (Wildman–Crippen LogP) is 9.32. The van der Waals surface area contributed by atoms with Gasteiger partial charge < -0.3 is 9.47 Å². The van der Waals surface area contributed by atoms with Crippen LogP contribution in [0.5, 0.6) is 0 Å². The number of benzene rings is 5. The zero-order valence-electron chi connectivity index (χ0n) is 21.9. The molecule has 5 nitrogen and oxygen atoms in total. The first-order chi connectivity index (χ1) is 20.3. The first kappa shape index (κ1) is 23.5. The SMILES string of the molecule is c1ccc(N(c2ccccc2)c2ccc3c(c2)c2ccccc2n3-c2ccc(-c3nc4nccnc4s3)cc2)cc1. The number of anilines is 3. The van der Waals surface area contributed by atoms with Gasteiger partial charge in [-0.2, -0.15) is 0 Å². The maximum Gasteiger partial charge on any atom is 0.190 e. The van der Waals surface area contributed by atoms with Crippen molar-refractivity contribution in [2.24, 2.45) is 0 Å². The van der Waals surface area contributed by atoms with Gasteiger partial charge in [-0.05, 0) is 72.8 Å². The summed E-state index contributed by atoms with van der Waals surface area (Å²) in [6.45, 7) is 0. The Morgan fingerprint density at radius 2 is 1.22 bits per heavy atom. The van der Waals surface area contributed by atoms with Crippen molar-refractivity contribution in [3.05, 3.63) is 140 Å². The lowest BCUT2D eigenvalue weighted by molar-refractivity contribution is 1.18. The van der Waals surface area contributed by atoms with E-state index in [9.17, 15) is 0 Å². The van der Waals surface area contributed by atoms with Crippen molar-refractivity contribution >= 4 is 60.7 Å². The molecule has 0 saturated carbocycles. The maximum absolute atomic E-state index is 4.68. The average Bonchev–Trinajstić information content (AvgIpc) is 3.62. The van der Waals surface area contributed by atoms with Gasteiger partial charge in [0.15, 0.2) is 10.5 Å². The van der Waals surface area contributed by atoms with E-state index in [0.29, 0.717) is 5.65 Å². The second-order valence-electron chi connectivity index (χ2n) is 9.81. The summed E-state index contributed by atoms with van der Waals surface area (Å²) in [5.74, 6) is 0. The molecule has 0 aliphatic rings. The van der Waals surface area contributed by atoms with Crippen LogP contribution >= 0.6 is 11.3 Å². The third-order valence-corrected chi connectivity index (χ3v) is 8.36.